The van der Waals surface area contributed by atoms with E-state index in [-0.39, 0.29) is 23.5 Å². The molecule has 116 valence electrons. The van der Waals surface area contributed by atoms with Crippen LogP contribution in [0.5, 0.6) is 0 Å². The van der Waals surface area contributed by atoms with E-state index in [9.17, 15) is 8.68 Å². The largest absolute Gasteiger partial charge is 0.309 e. The molecule has 0 radical (unpaired) electrons. The van der Waals surface area contributed by atoms with Gasteiger partial charge in [0.05, 0.1) is 24.3 Å². The first kappa shape index (κ1) is 15.0. The molecule has 0 fully saturated rings. The lowest BCUT2D eigenvalue weighted by atomic mass is 10.1. The van der Waals surface area contributed by atoms with Crippen molar-refractivity contribution in [1.82, 2.24) is 19.2 Å². The standard InChI is InChI=1S/C12H12ClFN6OS/c1-3-8-11(21)18(2)9-5-15-12(13)17-10(9)20(8)7-4-16-19(6-7)22-14/h4-6,8H,3H2,1-2H3. The lowest BCUT2D eigenvalue weighted by Gasteiger charge is -2.39. The number of likely N-dealkylation sites (N-methyl/N-ethyl adjacent to an activating group) is 1. The maximum Gasteiger partial charge on any atom is 0.250 e. The summed E-state index contributed by atoms with van der Waals surface area (Å²) < 4.78 is 13.7. The van der Waals surface area contributed by atoms with E-state index in [2.05, 4.69) is 15.1 Å². The molecule has 22 heavy (non-hydrogen) atoms. The first-order valence-corrected chi connectivity index (χ1v) is 7.55. The van der Waals surface area contributed by atoms with Gasteiger partial charge in [0, 0.05) is 7.05 Å². The second-order valence-corrected chi connectivity index (χ2v) is 5.56. The molecule has 3 rings (SSSR count). The molecule has 7 nitrogen and oxygen atoms in total. The molecule has 0 N–H and O–H groups in total. The number of anilines is 3. The summed E-state index contributed by atoms with van der Waals surface area (Å²) >= 11 is 5.87. The maximum absolute atomic E-state index is 12.7. The van der Waals surface area contributed by atoms with Crippen LogP contribution in [0.1, 0.15) is 13.3 Å². The van der Waals surface area contributed by atoms with Gasteiger partial charge in [0.1, 0.15) is 11.7 Å². The third-order valence-corrected chi connectivity index (χ3v) is 4.04. The SMILES string of the molecule is CCC1C(=O)N(C)c2cnc(Cl)nc2N1c1cnn(SF)c1. The Morgan fingerprint density at radius 2 is 2.23 bits per heavy atom. The molecule has 0 saturated heterocycles. The minimum Gasteiger partial charge on any atom is -0.309 e. The minimum atomic E-state index is -0.467. The molecule has 2 aromatic rings. The highest BCUT2D eigenvalue weighted by atomic mass is 35.5. The van der Waals surface area contributed by atoms with Gasteiger partial charge in [0.25, 0.3) is 0 Å². The van der Waals surface area contributed by atoms with E-state index in [4.69, 9.17) is 11.6 Å². The van der Waals surface area contributed by atoms with Crippen molar-refractivity contribution in [3.8, 4) is 0 Å². The number of hydrogen-bond acceptors (Lipinski definition) is 6. The molecular weight excluding hydrogens is 331 g/mol. The molecule has 1 amide bonds. The summed E-state index contributed by atoms with van der Waals surface area (Å²) in [6.45, 7) is 1.89. The molecular formula is C12H12ClFN6OS. The number of amides is 1. The monoisotopic (exact) mass is 342 g/mol. The van der Waals surface area contributed by atoms with Gasteiger partial charge in [0.15, 0.2) is 18.2 Å². The summed E-state index contributed by atoms with van der Waals surface area (Å²) in [5, 5.41) is 3.96. The van der Waals surface area contributed by atoms with Gasteiger partial charge in [-0.05, 0) is 18.0 Å². The van der Waals surface area contributed by atoms with Crippen molar-refractivity contribution in [3.05, 3.63) is 23.9 Å². The van der Waals surface area contributed by atoms with Crippen molar-refractivity contribution in [1.29, 1.82) is 0 Å². The Morgan fingerprint density at radius 1 is 1.45 bits per heavy atom. The molecule has 3 heterocycles. The van der Waals surface area contributed by atoms with E-state index in [1.807, 2.05) is 6.92 Å². The van der Waals surface area contributed by atoms with Crippen LogP contribution in [0.25, 0.3) is 0 Å². The van der Waals surface area contributed by atoms with Crippen LogP contribution in [0, 0.1) is 0 Å². The van der Waals surface area contributed by atoms with Crippen LogP contribution in [-0.4, -0.2) is 38.2 Å². The second-order valence-electron chi connectivity index (χ2n) is 4.71. The van der Waals surface area contributed by atoms with E-state index in [0.717, 1.165) is 4.09 Å². The summed E-state index contributed by atoms with van der Waals surface area (Å²) in [4.78, 5) is 23.9. The molecule has 1 aliphatic rings. The lowest BCUT2D eigenvalue weighted by Crippen LogP contribution is -2.50. The molecule has 10 heteroatoms. The first-order chi connectivity index (χ1) is 10.6. The Hall–Kier alpha value is -1.87. The number of carbonyl (C=O) groups is 1. The van der Waals surface area contributed by atoms with Crippen LogP contribution < -0.4 is 9.80 Å². The van der Waals surface area contributed by atoms with Crippen molar-refractivity contribution in [2.24, 2.45) is 0 Å². The Bertz CT molecular complexity index is 725. The van der Waals surface area contributed by atoms with E-state index in [1.54, 1.807) is 11.9 Å². The fraction of sp³-hybridized carbons (Fsp3) is 0.333. The molecule has 0 aliphatic carbocycles. The Balaban J connectivity index is 2.18. The maximum atomic E-state index is 12.7. The van der Waals surface area contributed by atoms with Crippen LogP contribution in [0.15, 0.2) is 18.6 Å². The summed E-state index contributed by atoms with van der Waals surface area (Å²) in [5.41, 5.74) is 1.11. The van der Waals surface area contributed by atoms with Crippen molar-refractivity contribution >= 4 is 47.0 Å². The Labute approximate surface area is 135 Å². The van der Waals surface area contributed by atoms with Crippen LogP contribution in [0.3, 0.4) is 0 Å². The lowest BCUT2D eigenvalue weighted by molar-refractivity contribution is -0.119. The number of hydrogen-bond donors (Lipinski definition) is 0. The minimum absolute atomic E-state index is 0.0270. The van der Waals surface area contributed by atoms with Gasteiger partial charge in [-0.3, -0.25) is 4.79 Å². The molecule has 1 aliphatic heterocycles. The first-order valence-electron chi connectivity index (χ1n) is 6.50. The van der Waals surface area contributed by atoms with E-state index in [0.29, 0.717) is 23.6 Å². The van der Waals surface area contributed by atoms with Gasteiger partial charge in [-0.25, -0.2) is 4.98 Å². The van der Waals surface area contributed by atoms with Gasteiger partial charge in [-0.1, -0.05) is 6.92 Å². The zero-order valence-electron chi connectivity index (χ0n) is 11.8. The average molecular weight is 343 g/mol. The summed E-state index contributed by atoms with van der Waals surface area (Å²) in [6, 6.07) is -0.467. The number of nitrogens with zero attached hydrogens (tertiary/aromatic N) is 6. The highest BCUT2D eigenvalue weighted by molar-refractivity contribution is 7.92. The average Bonchev–Trinajstić information content (AvgIpc) is 2.99. The Morgan fingerprint density at radius 3 is 2.86 bits per heavy atom. The summed E-state index contributed by atoms with van der Waals surface area (Å²) in [7, 11) is 1.67. The van der Waals surface area contributed by atoms with E-state index >= 15 is 0 Å². The van der Waals surface area contributed by atoms with Gasteiger partial charge in [-0.15, -0.1) is 3.89 Å². The van der Waals surface area contributed by atoms with Crippen molar-refractivity contribution < 1.29 is 8.68 Å². The molecule has 1 unspecified atom stereocenters. The van der Waals surface area contributed by atoms with Crippen LogP contribution >= 0.6 is 23.9 Å². The third kappa shape index (κ3) is 2.30. The number of carbonyl (C=O) groups excluding carboxylic acids is 1. The smallest absolute Gasteiger partial charge is 0.250 e. The van der Waals surface area contributed by atoms with Crippen LogP contribution in [0.2, 0.25) is 5.28 Å². The van der Waals surface area contributed by atoms with Gasteiger partial charge in [0.2, 0.25) is 11.2 Å². The Kier molecular flexibility index (Phi) is 3.92. The van der Waals surface area contributed by atoms with Crippen molar-refractivity contribution in [2.45, 2.75) is 19.4 Å². The fourth-order valence-electron chi connectivity index (χ4n) is 2.48. The van der Waals surface area contributed by atoms with Crippen LogP contribution in [-0.2, 0) is 4.79 Å². The fourth-order valence-corrected chi connectivity index (χ4v) is 2.84. The van der Waals surface area contributed by atoms with Gasteiger partial charge >= 0.3 is 0 Å². The second kappa shape index (κ2) is 5.73. The van der Waals surface area contributed by atoms with E-state index in [1.165, 1.54) is 23.5 Å². The van der Waals surface area contributed by atoms with Crippen molar-refractivity contribution in [3.63, 3.8) is 0 Å². The highest BCUT2D eigenvalue weighted by Crippen LogP contribution is 2.39. The topological polar surface area (TPSA) is 67.2 Å². The molecule has 2 aromatic heterocycles. The number of fused-ring (bicyclic) bond motifs is 1. The van der Waals surface area contributed by atoms with Crippen LogP contribution in [0.4, 0.5) is 21.1 Å². The number of halogens is 2. The highest BCUT2D eigenvalue weighted by Gasteiger charge is 2.38. The van der Waals surface area contributed by atoms with Gasteiger partial charge in [-0.2, -0.15) is 14.2 Å². The predicted molar refractivity (Wildman–Crippen MR) is 83.0 cm³/mol. The molecule has 0 aromatic carbocycles. The predicted octanol–water partition coefficient (Wildman–Crippen LogP) is 2.60. The number of rotatable bonds is 3. The normalized spacial score (nSPS) is 17.8. The van der Waals surface area contributed by atoms with Crippen molar-refractivity contribution in [2.75, 3.05) is 16.8 Å². The summed E-state index contributed by atoms with van der Waals surface area (Å²) in [6.07, 6.45) is 5.02. The zero-order chi connectivity index (χ0) is 15.9. The quantitative estimate of drug-likeness (QED) is 0.799. The molecule has 0 spiro atoms. The zero-order valence-corrected chi connectivity index (χ0v) is 13.3. The third-order valence-electron chi connectivity index (χ3n) is 3.52. The molecule has 1 atom stereocenters. The summed E-state index contributed by atoms with van der Waals surface area (Å²) in [5.74, 6) is 0.402. The van der Waals surface area contributed by atoms with Gasteiger partial charge < -0.3 is 9.80 Å². The molecule has 0 saturated carbocycles. The number of aromatic nitrogens is 4. The molecule has 0 bridgehead atoms. The van der Waals surface area contributed by atoms with E-state index < -0.39 is 6.04 Å².